The average molecular weight is 479 g/mol. The second-order valence-corrected chi connectivity index (χ2v) is 9.48. The maximum Gasteiger partial charge on any atom is 0.356 e. The molecule has 174 valence electrons. The predicted molar refractivity (Wildman–Crippen MR) is 127 cm³/mol. The van der Waals surface area contributed by atoms with E-state index in [1.807, 2.05) is 26.0 Å². The number of carbonyl (C=O) groups is 1. The molecule has 10 heteroatoms. The molecule has 1 aromatic carbocycles. The lowest BCUT2D eigenvalue weighted by Gasteiger charge is -2.37. The van der Waals surface area contributed by atoms with Gasteiger partial charge in [-0.15, -0.1) is 0 Å². The largest absolute Gasteiger partial charge is 0.476 e. The van der Waals surface area contributed by atoms with E-state index in [4.69, 9.17) is 21.3 Å². The van der Waals surface area contributed by atoms with Crippen molar-refractivity contribution >= 4 is 40.1 Å². The monoisotopic (exact) mass is 478 g/mol. The number of carboxylic acids is 1. The van der Waals surface area contributed by atoms with E-state index in [1.165, 1.54) is 0 Å². The number of nitriles is 1. The summed E-state index contributed by atoms with van der Waals surface area (Å²) < 4.78 is 5.43. The first kappa shape index (κ1) is 22.3. The Hall–Kier alpha value is -3.48. The summed E-state index contributed by atoms with van der Waals surface area (Å²) in [5.74, 6) is -0.592. The lowest BCUT2D eigenvalue weighted by molar-refractivity contribution is -0.0985. The lowest BCUT2D eigenvalue weighted by atomic mass is 9.85. The minimum atomic E-state index is -1.17. The highest BCUT2D eigenvalue weighted by Crippen LogP contribution is 2.40. The van der Waals surface area contributed by atoms with Gasteiger partial charge in [-0.05, 0) is 44.0 Å². The van der Waals surface area contributed by atoms with Gasteiger partial charge in [-0.3, -0.25) is 0 Å². The first-order valence-electron chi connectivity index (χ1n) is 11.0. The quantitative estimate of drug-likeness (QED) is 0.524. The number of hydrogen-bond acceptors (Lipinski definition) is 8. The molecule has 1 spiro atoms. The molecule has 0 amide bonds. The Kier molecular flexibility index (Phi) is 5.50. The molecule has 0 bridgehead atoms. The minimum absolute atomic E-state index is 0.108. The van der Waals surface area contributed by atoms with Gasteiger partial charge in [-0.2, -0.15) is 5.26 Å². The molecular formula is C24H23ClN6O3. The summed E-state index contributed by atoms with van der Waals surface area (Å²) in [7, 11) is 0. The molecule has 34 heavy (non-hydrogen) atoms. The Bertz CT molecular complexity index is 1350. The van der Waals surface area contributed by atoms with Crippen molar-refractivity contribution in [1.82, 2.24) is 15.0 Å². The first-order valence-corrected chi connectivity index (χ1v) is 11.4. The van der Waals surface area contributed by atoms with Crippen molar-refractivity contribution in [3.63, 3.8) is 0 Å². The summed E-state index contributed by atoms with van der Waals surface area (Å²) >= 11 is 5.90. The van der Waals surface area contributed by atoms with Crippen LogP contribution < -0.4 is 10.2 Å². The molecular weight excluding hydrogens is 456 g/mol. The van der Waals surface area contributed by atoms with Crippen LogP contribution in [-0.4, -0.2) is 52.3 Å². The molecule has 5 rings (SSSR count). The minimum Gasteiger partial charge on any atom is -0.476 e. The van der Waals surface area contributed by atoms with Crippen LogP contribution in [0.5, 0.6) is 0 Å². The van der Waals surface area contributed by atoms with Gasteiger partial charge < -0.3 is 20.1 Å². The number of nitrogens with one attached hydrogen (secondary N) is 1. The van der Waals surface area contributed by atoms with Crippen molar-refractivity contribution in [1.29, 1.82) is 5.26 Å². The van der Waals surface area contributed by atoms with Gasteiger partial charge in [0.05, 0.1) is 36.0 Å². The summed E-state index contributed by atoms with van der Waals surface area (Å²) in [5, 5.41) is 22.7. The van der Waals surface area contributed by atoms with E-state index in [1.54, 1.807) is 12.1 Å². The highest BCUT2D eigenvalue weighted by atomic mass is 35.5. The van der Waals surface area contributed by atoms with Gasteiger partial charge >= 0.3 is 5.97 Å². The summed E-state index contributed by atoms with van der Waals surface area (Å²) in [6, 6.07) is 8.94. The number of anilines is 2. The maximum atomic E-state index is 11.7. The van der Waals surface area contributed by atoms with Crippen molar-refractivity contribution in [3.05, 3.63) is 51.9 Å². The zero-order chi connectivity index (χ0) is 24.0. The maximum absolute atomic E-state index is 11.7. The number of ether oxygens (including phenoxy) is 1. The molecule has 2 saturated heterocycles. The molecule has 2 fully saturated rings. The molecule has 2 N–H and O–H groups in total. The third-order valence-electron chi connectivity index (χ3n) is 6.49. The van der Waals surface area contributed by atoms with Crippen LogP contribution in [0.2, 0.25) is 5.15 Å². The Labute approximate surface area is 201 Å². The van der Waals surface area contributed by atoms with Crippen molar-refractivity contribution in [2.24, 2.45) is 5.41 Å². The number of benzene rings is 1. The van der Waals surface area contributed by atoms with Crippen LogP contribution in [0.25, 0.3) is 11.0 Å². The number of hydrogen-bond donors (Lipinski definition) is 2. The van der Waals surface area contributed by atoms with E-state index in [9.17, 15) is 15.2 Å². The fraction of sp³-hybridized carbons (Fsp3) is 0.375. The molecule has 1 atom stereocenters. The highest BCUT2D eigenvalue weighted by molar-refractivity contribution is 6.29. The predicted octanol–water partition coefficient (Wildman–Crippen LogP) is 3.96. The zero-order valence-corrected chi connectivity index (χ0v) is 19.6. The molecule has 2 aromatic heterocycles. The number of rotatable bonds is 5. The lowest BCUT2D eigenvalue weighted by Crippen LogP contribution is -2.44. The number of aromatic nitrogens is 3. The van der Waals surface area contributed by atoms with Crippen LogP contribution >= 0.6 is 11.6 Å². The van der Waals surface area contributed by atoms with Crippen LogP contribution in [-0.2, 0) is 4.74 Å². The number of halogens is 1. The van der Waals surface area contributed by atoms with E-state index < -0.39 is 5.97 Å². The van der Waals surface area contributed by atoms with E-state index in [0.29, 0.717) is 28.2 Å². The van der Waals surface area contributed by atoms with Gasteiger partial charge in [0, 0.05) is 24.1 Å². The Morgan fingerprint density at radius 1 is 1.32 bits per heavy atom. The number of fused-ring (bicyclic) bond motifs is 1. The van der Waals surface area contributed by atoms with Crippen molar-refractivity contribution in [2.45, 2.75) is 26.3 Å². The number of nitrogens with zero attached hydrogens (tertiary/aromatic N) is 5. The van der Waals surface area contributed by atoms with Gasteiger partial charge in [-0.25, -0.2) is 19.7 Å². The van der Waals surface area contributed by atoms with Crippen LogP contribution in [0.15, 0.2) is 24.3 Å². The Balaban J connectivity index is 1.56. The Morgan fingerprint density at radius 3 is 2.76 bits per heavy atom. The van der Waals surface area contributed by atoms with Crippen LogP contribution in [0.1, 0.15) is 46.7 Å². The number of pyridine rings is 1. The first-order chi connectivity index (χ1) is 16.3. The average Bonchev–Trinajstić information content (AvgIpc) is 3.25. The number of carboxylic acid groups (broad SMARTS) is 1. The fourth-order valence-electron chi connectivity index (χ4n) is 4.72. The normalized spacial score (nSPS) is 17.4. The second kappa shape index (κ2) is 8.38. The van der Waals surface area contributed by atoms with E-state index >= 15 is 0 Å². The Morgan fingerprint density at radius 2 is 2.12 bits per heavy atom. The van der Waals surface area contributed by atoms with Gasteiger partial charge in [0.15, 0.2) is 17.2 Å². The SMILES string of the molecule is Cc1cc([C@@H](C)Nc2ccc(Cl)nc2C(=O)O)c2nc(N3CCC4(COC4)C3)c(C#N)nc2c1. The molecule has 0 saturated carbocycles. The second-order valence-electron chi connectivity index (χ2n) is 9.10. The molecule has 0 aliphatic carbocycles. The summed E-state index contributed by atoms with van der Waals surface area (Å²) in [6.45, 7) is 6.92. The number of aromatic carboxylic acids is 1. The van der Waals surface area contributed by atoms with E-state index in [0.717, 1.165) is 43.9 Å². The van der Waals surface area contributed by atoms with Crippen LogP contribution in [0.4, 0.5) is 11.5 Å². The molecule has 2 aliphatic heterocycles. The summed E-state index contributed by atoms with van der Waals surface area (Å²) in [5.41, 5.74) is 3.75. The zero-order valence-electron chi connectivity index (χ0n) is 18.8. The third kappa shape index (κ3) is 3.89. The molecule has 3 aromatic rings. The van der Waals surface area contributed by atoms with E-state index in [-0.39, 0.29) is 22.3 Å². The molecule has 4 heterocycles. The van der Waals surface area contributed by atoms with Gasteiger partial charge in [-0.1, -0.05) is 17.7 Å². The fourth-order valence-corrected chi connectivity index (χ4v) is 4.86. The van der Waals surface area contributed by atoms with Crippen molar-refractivity contribution in [2.75, 3.05) is 36.5 Å². The molecule has 0 unspecified atom stereocenters. The molecule has 9 nitrogen and oxygen atoms in total. The van der Waals surface area contributed by atoms with Crippen molar-refractivity contribution < 1.29 is 14.6 Å². The molecule has 2 aliphatic rings. The third-order valence-corrected chi connectivity index (χ3v) is 6.70. The summed E-state index contributed by atoms with van der Waals surface area (Å²) in [4.78, 5) is 27.3. The van der Waals surface area contributed by atoms with Crippen LogP contribution in [0.3, 0.4) is 0 Å². The van der Waals surface area contributed by atoms with Gasteiger partial charge in [0.2, 0.25) is 0 Å². The van der Waals surface area contributed by atoms with Crippen molar-refractivity contribution in [3.8, 4) is 6.07 Å². The van der Waals surface area contributed by atoms with Crippen LogP contribution in [0, 0.1) is 23.7 Å². The smallest absolute Gasteiger partial charge is 0.356 e. The van der Waals surface area contributed by atoms with E-state index in [2.05, 4.69) is 26.3 Å². The standard InChI is InChI=1S/C24H23ClN6O3/c1-13-7-15(14(2)27-16-3-4-19(25)29-21(16)23(32)33)20-17(8-13)28-18(9-26)22(30-20)31-6-5-24(10-31)11-34-12-24/h3-4,7-8,14,27H,5-6,10-12H2,1-2H3,(H,32,33)/t14-/m1/s1. The molecule has 0 radical (unpaired) electrons. The topological polar surface area (TPSA) is 124 Å². The van der Waals surface area contributed by atoms with Gasteiger partial charge in [0.25, 0.3) is 0 Å². The van der Waals surface area contributed by atoms with Gasteiger partial charge in [0.1, 0.15) is 11.2 Å². The highest BCUT2D eigenvalue weighted by Gasteiger charge is 2.45. The summed E-state index contributed by atoms with van der Waals surface area (Å²) in [6.07, 6.45) is 0.998. The number of aryl methyl sites for hydroxylation is 1.